The first-order chi connectivity index (χ1) is 8.66. The van der Waals surface area contributed by atoms with Crippen molar-refractivity contribution >= 4 is 5.97 Å². The Morgan fingerprint density at radius 3 is 2.89 bits per heavy atom. The average molecular weight is 253 g/mol. The molecule has 2 atom stereocenters. The van der Waals surface area contributed by atoms with E-state index in [4.69, 9.17) is 5.11 Å². The maximum absolute atomic E-state index is 10.9. The number of rotatable bonds is 5. The molecule has 1 aliphatic rings. The van der Waals surface area contributed by atoms with Crippen LogP contribution in [0.5, 0.6) is 0 Å². The first-order valence-electron chi connectivity index (χ1n) is 6.26. The first kappa shape index (κ1) is 13.0. The monoisotopic (exact) mass is 253 g/mol. The van der Waals surface area contributed by atoms with Crippen molar-refractivity contribution in [2.45, 2.75) is 25.5 Å². The zero-order valence-corrected chi connectivity index (χ0v) is 10.3. The summed E-state index contributed by atoms with van der Waals surface area (Å²) in [6, 6.07) is 0. The Kier molecular flexibility index (Phi) is 4.33. The summed E-state index contributed by atoms with van der Waals surface area (Å²) in [6.45, 7) is 2.98. The van der Waals surface area contributed by atoms with Crippen LogP contribution in [-0.4, -0.2) is 56.4 Å². The number of carboxylic acid groups (broad SMARTS) is 1. The van der Waals surface area contributed by atoms with Crippen molar-refractivity contribution in [3.8, 4) is 0 Å². The van der Waals surface area contributed by atoms with Crippen LogP contribution in [0.15, 0.2) is 18.7 Å². The fourth-order valence-corrected chi connectivity index (χ4v) is 2.38. The van der Waals surface area contributed by atoms with Crippen molar-refractivity contribution in [2.24, 2.45) is 5.92 Å². The normalized spacial score (nSPS) is 25.2. The number of piperidine rings is 1. The number of aryl methyl sites for hydroxylation is 1. The van der Waals surface area contributed by atoms with Crippen LogP contribution in [0.25, 0.3) is 0 Å². The van der Waals surface area contributed by atoms with E-state index in [1.54, 1.807) is 12.5 Å². The predicted octanol–water partition coefficient (Wildman–Crippen LogP) is 0.0406. The summed E-state index contributed by atoms with van der Waals surface area (Å²) in [5, 5.41) is 18.7. The molecule has 1 fully saturated rings. The summed E-state index contributed by atoms with van der Waals surface area (Å²) in [4.78, 5) is 17.0. The maximum Gasteiger partial charge on any atom is 0.309 e. The van der Waals surface area contributed by atoms with Crippen molar-refractivity contribution in [1.82, 2.24) is 14.5 Å². The van der Waals surface area contributed by atoms with Crippen LogP contribution in [0.3, 0.4) is 0 Å². The molecule has 1 aromatic heterocycles. The number of aliphatic hydroxyl groups is 1. The van der Waals surface area contributed by atoms with Crippen molar-refractivity contribution in [3.05, 3.63) is 18.7 Å². The van der Waals surface area contributed by atoms with E-state index in [1.165, 1.54) is 0 Å². The van der Waals surface area contributed by atoms with Gasteiger partial charge in [-0.2, -0.15) is 0 Å². The molecule has 6 heteroatoms. The topological polar surface area (TPSA) is 78.6 Å². The summed E-state index contributed by atoms with van der Waals surface area (Å²) >= 11 is 0. The number of hydrogen-bond acceptors (Lipinski definition) is 4. The molecule has 0 bridgehead atoms. The number of aliphatic hydroxyl groups excluding tert-OH is 1. The number of aromatic nitrogens is 2. The third-order valence-corrected chi connectivity index (χ3v) is 3.43. The molecule has 0 aromatic carbocycles. The van der Waals surface area contributed by atoms with Gasteiger partial charge in [0, 0.05) is 25.5 Å². The zero-order chi connectivity index (χ0) is 13.0. The van der Waals surface area contributed by atoms with Crippen LogP contribution in [0.2, 0.25) is 0 Å². The van der Waals surface area contributed by atoms with E-state index in [0.717, 1.165) is 26.1 Å². The van der Waals surface area contributed by atoms with Gasteiger partial charge < -0.3 is 19.7 Å². The molecular weight excluding hydrogens is 234 g/mol. The molecule has 1 saturated heterocycles. The second-order valence-electron chi connectivity index (χ2n) is 4.76. The molecule has 0 aliphatic carbocycles. The van der Waals surface area contributed by atoms with E-state index in [9.17, 15) is 9.90 Å². The minimum atomic E-state index is -0.888. The number of nitrogens with zero attached hydrogens (tertiary/aromatic N) is 3. The van der Waals surface area contributed by atoms with Gasteiger partial charge in [-0.25, -0.2) is 4.98 Å². The van der Waals surface area contributed by atoms with Crippen LogP contribution in [-0.2, 0) is 11.3 Å². The number of imidazole rings is 1. The third kappa shape index (κ3) is 3.30. The van der Waals surface area contributed by atoms with Gasteiger partial charge >= 0.3 is 5.97 Å². The fraction of sp³-hybridized carbons (Fsp3) is 0.667. The highest BCUT2D eigenvalue weighted by atomic mass is 16.4. The zero-order valence-electron chi connectivity index (χ0n) is 10.3. The first-order valence-corrected chi connectivity index (χ1v) is 6.26. The van der Waals surface area contributed by atoms with E-state index in [1.807, 2.05) is 10.8 Å². The van der Waals surface area contributed by atoms with Gasteiger partial charge in [0.15, 0.2) is 0 Å². The second kappa shape index (κ2) is 5.97. The Labute approximate surface area is 106 Å². The molecule has 0 saturated carbocycles. The number of hydrogen-bond donors (Lipinski definition) is 2. The third-order valence-electron chi connectivity index (χ3n) is 3.43. The number of aliphatic carboxylic acids is 1. The fourth-order valence-electron chi connectivity index (χ4n) is 2.38. The number of β-amino-alcohol motifs (C(OH)–C–C–N with tert-alkyl or cyclic N) is 1. The minimum Gasteiger partial charge on any atom is -0.481 e. The van der Waals surface area contributed by atoms with Crippen LogP contribution in [0.1, 0.15) is 12.8 Å². The minimum absolute atomic E-state index is 0.459. The van der Waals surface area contributed by atoms with Crippen molar-refractivity contribution in [1.29, 1.82) is 0 Å². The van der Waals surface area contributed by atoms with E-state index < -0.39 is 18.0 Å². The van der Waals surface area contributed by atoms with E-state index in [-0.39, 0.29) is 0 Å². The number of likely N-dealkylation sites (tertiary alicyclic amines) is 1. The maximum atomic E-state index is 10.9. The van der Waals surface area contributed by atoms with Crippen LogP contribution in [0, 0.1) is 5.92 Å². The summed E-state index contributed by atoms with van der Waals surface area (Å²) < 4.78 is 2.01. The molecule has 6 nitrogen and oxygen atoms in total. The van der Waals surface area contributed by atoms with Crippen molar-refractivity contribution < 1.29 is 15.0 Å². The van der Waals surface area contributed by atoms with Gasteiger partial charge in [0.25, 0.3) is 0 Å². The lowest BCUT2D eigenvalue weighted by molar-refractivity contribution is -0.148. The van der Waals surface area contributed by atoms with Gasteiger partial charge in [-0.15, -0.1) is 0 Å². The molecule has 0 radical (unpaired) electrons. The van der Waals surface area contributed by atoms with E-state index in [2.05, 4.69) is 9.88 Å². The number of carbonyl (C=O) groups is 1. The van der Waals surface area contributed by atoms with Crippen molar-refractivity contribution in [3.63, 3.8) is 0 Å². The summed E-state index contributed by atoms with van der Waals surface area (Å²) in [5.41, 5.74) is 0. The molecule has 2 N–H and O–H groups in total. The van der Waals surface area contributed by atoms with Gasteiger partial charge in [0.05, 0.1) is 18.3 Å². The molecule has 2 rings (SSSR count). The van der Waals surface area contributed by atoms with Gasteiger partial charge in [-0.3, -0.25) is 4.79 Å². The predicted molar refractivity (Wildman–Crippen MR) is 65.0 cm³/mol. The van der Waals surface area contributed by atoms with E-state index in [0.29, 0.717) is 13.0 Å². The molecule has 0 spiro atoms. The largest absolute Gasteiger partial charge is 0.481 e. The Hall–Kier alpha value is -1.40. The molecule has 0 amide bonds. The Bertz CT molecular complexity index is 380. The molecule has 18 heavy (non-hydrogen) atoms. The van der Waals surface area contributed by atoms with Gasteiger partial charge in [0.2, 0.25) is 0 Å². The smallest absolute Gasteiger partial charge is 0.309 e. The molecule has 1 aliphatic heterocycles. The lowest BCUT2D eigenvalue weighted by Crippen LogP contribution is -2.46. The van der Waals surface area contributed by atoms with Crippen LogP contribution in [0.4, 0.5) is 0 Å². The van der Waals surface area contributed by atoms with Gasteiger partial charge in [-0.05, 0) is 25.9 Å². The highest BCUT2D eigenvalue weighted by Crippen LogP contribution is 2.18. The molecule has 2 heterocycles. The second-order valence-corrected chi connectivity index (χ2v) is 4.76. The molecule has 100 valence electrons. The van der Waals surface area contributed by atoms with Crippen LogP contribution >= 0.6 is 0 Å². The molecule has 0 unspecified atom stereocenters. The van der Waals surface area contributed by atoms with E-state index >= 15 is 0 Å². The van der Waals surface area contributed by atoms with Gasteiger partial charge in [-0.1, -0.05) is 0 Å². The standard InChI is InChI=1S/C12H19N3O3/c16-11-8-14(6-2-10(11)12(17)18)4-1-5-15-7-3-13-9-15/h3,7,9-11,16H,1-2,4-6,8H2,(H,17,18)/t10-,11+/m0/s1. The lowest BCUT2D eigenvalue weighted by atomic mass is 9.94. The van der Waals surface area contributed by atoms with Crippen molar-refractivity contribution in [2.75, 3.05) is 19.6 Å². The molecular formula is C12H19N3O3. The Morgan fingerprint density at radius 2 is 2.28 bits per heavy atom. The summed E-state index contributed by atoms with van der Waals surface area (Å²) in [6.07, 6.45) is 6.21. The summed E-state index contributed by atoms with van der Waals surface area (Å²) in [5.74, 6) is -1.49. The Morgan fingerprint density at radius 1 is 1.44 bits per heavy atom. The lowest BCUT2D eigenvalue weighted by Gasteiger charge is -2.33. The molecule has 1 aromatic rings. The Balaban J connectivity index is 1.71. The summed E-state index contributed by atoms with van der Waals surface area (Å²) in [7, 11) is 0. The SMILES string of the molecule is O=C(O)[C@H]1CCN(CCCn2ccnc2)C[C@H]1O. The van der Waals surface area contributed by atoms with Crippen LogP contribution < -0.4 is 0 Å². The quantitative estimate of drug-likeness (QED) is 0.774. The highest BCUT2D eigenvalue weighted by molar-refractivity contribution is 5.70. The van der Waals surface area contributed by atoms with Gasteiger partial charge in [0.1, 0.15) is 0 Å². The highest BCUT2D eigenvalue weighted by Gasteiger charge is 2.32. The average Bonchev–Trinajstić information content (AvgIpc) is 2.81. The number of carboxylic acids is 1.